The molecule has 1 aliphatic heterocycles. The van der Waals surface area contributed by atoms with Crippen molar-refractivity contribution in [1.29, 1.82) is 0 Å². The summed E-state index contributed by atoms with van der Waals surface area (Å²) in [5, 5.41) is 3.79. The van der Waals surface area contributed by atoms with Gasteiger partial charge in [0, 0.05) is 37.1 Å². The van der Waals surface area contributed by atoms with Crippen LogP contribution in [0.1, 0.15) is 19.8 Å². The Labute approximate surface area is 151 Å². The maximum absolute atomic E-state index is 12.5. The van der Waals surface area contributed by atoms with E-state index in [1.807, 2.05) is 11.8 Å². The minimum Gasteiger partial charge on any atom is -0.340 e. The van der Waals surface area contributed by atoms with Crippen LogP contribution in [-0.4, -0.2) is 53.8 Å². The molecule has 0 spiro atoms. The van der Waals surface area contributed by atoms with Crippen LogP contribution in [0.4, 0.5) is 5.69 Å². The molecule has 2 fully saturated rings. The number of carbonyl (C=O) groups is 2. The molecule has 1 heterocycles. The highest BCUT2D eigenvalue weighted by Crippen LogP contribution is 2.31. The molecular weight excluding hydrogens is 349 g/mol. The third kappa shape index (κ3) is 4.02. The first kappa shape index (κ1) is 17.5. The van der Waals surface area contributed by atoms with E-state index in [4.69, 9.17) is 23.2 Å². The average molecular weight is 370 g/mol. The smallest absolute Gasteiger partial charge is 0.241 e. The predicted octanol–water partition coefficient (Wildman–Crippen LogP) is 2.87. The Morgan fingerprint density at radius 1 is 1.17 bits per heavy atom. The van der Waals surface area contributed by atoms with Crippen molar-refractivity contribution in [3.05, 3.63) is 28.2 Å². The third-order valence-electron chi connectivity index (χ3n) is 4.67. The van der Waals surface area contributed by atoms with Gasteiger partial charge in [-0.3, -0.25) is 14.5 Å². The summed E-state index contributed by atoms with van der Waals surface area (Å²) >= 11 is 12.0. The number of halogens is 2. The number of carbonyl (C=O) groups excluding carboxylic acids is 2. The molecule has 1 aliphatic carbocycles. The lowest BCUT2D eigenvalue weighted by Gasteiger charge is -2.37. The number of amides is 2. The van der Waals surface area contributed by atoms with Gasteiger partial charge in [0.1, 0.15) is 0 Å². The summed E-state index contributed by atoms with van der Waals surface area (Å²) in [6.07, 6.45) is 2.05. The zero-order valence-electron chi connectivity index (χ0n) is 13.6. The van der Waals surface area contributed by atoms with Crippen LogP contribution in [0.15, 0.2) is 18.2 Å². The van der Waals surface area contributed by atoms with Crippen LogP contribution in [0.2, 0.25) is 10.0 Å². The van der Waals surface area contributed by atoms with Gasteiger partial charge in [-0.15, -0.1) is 0 Å². The van der Waals surface area contributed by atoms with Crippen molar-refractivity contribution in [2.75, 3.05) is 31.5 Å². The fourth-order valence-corrected chi connectivity index (χ4v) is 3.37. The van der Waals surface area contributed by atoms with Crippen molar-refractivity contribution in [3.63, 3.8) is 0 Å². The van der Waals surface area contributed by atoms with E-state index in [0.717, 1.165) is 12.8 Å². The largest absolute Gasteiger partial charge is 0.340 e. The second-order valence-corrected chi connectivity index (χ2v) is 7.27. The molecule has 2 aliphatic rings. The van der Waals surface area contributed by atoms with Gasteiger partial charge in [0.25, 0.3) is 0 Å². The molecule has 0 unspecified atom stereocenters. The Morgan fingerprint density at radius 2 is 1.83 bits per heavy atom. The van der Waals surface area contributed by atoms with E-state index in [9.17, 15) is 9.59 Å². The number of benzene rings is 1. The lowest BCUT2D eigenvalue weighted by atomic mass is 10.2. The molecule has 5 nitrogen and oxygen atoms in total. The number of nitrogens with zero attached hydrogens (tertiary/aromatic N) is 2. The molecule has 0 aromatic heterocycles. The van der Waals surface area contributed by atoms with E-state index in [1.165, 1.54) is 0 Å². The van der Waals surface area contributed by atoms with Gasteiger partial charge in [0.15, 0.2) is 0 Å². The molecular formula is C17H21Cl2N3O2. The third-order valence-corrected chi connectivity index (χ3v) is 5.22. The highest BCUT2D eigenvalue weighted by Gasteiger charge is 2.35. The Morgan fingerprint density at radius 3 is 2.42 bits per heavy atom. The summed E-state index contributed by atoms with van der Waals surface area (Å²) < 4.78 is 0. The molecule has 1 saturated carbocycles. The van der Waals surface area contributed by atoms with Gasteiger partial charge in [-0.1, -0.05) is 23.2 Å². The summed E-state index contributed by atoms with van der Waals surface area (Å²) in [5.41, 5.74) is 0.556. The fourth-order valence-electron chi connectivity index (χ4n) is 2.91. The van der Waals surface area contributed by atoms with E-state index < -0.39 is 0 Å². The minimum absolute atomic E-state index is 0.110. The van der Waals surface area contributed by atoms with E-state index in [0.29, 0.717) is 41.9 Å². The van der Waals surface area contributed by atoms with Gasteiger partial charge in [-0.05, 0) is 38.0 Å². The molecule has 1 saturated heterocycles. The zero-order chi connectivity index (χ0) is 17.3. The molecule has 2 amide bonds. The van der Waals surface area contributed by atoms with Gasteiger partial charge in [0.05, 0.1) is 16.8 Å². The number of rotatable bonds is 4. The van der Waals surface area contributed by atoms with Crippen molar-refractivity contribution in [2.24, 2.45) is 5.92 Å². The van der Waals surface area contributed by atoms with Crippen LogP contribution < -0.4 is 5.32 Å². The van der Waals surface area contributed by atoms with E-state index in [1.54, 1.807) is 18.2 Å². The van der Waals surface area contributed by atoms with Gasteiger partial charge in [0.2, 0.25) is 11.8 Å². The highest BCUT2D eigenvalue weighted by atomic mass is 35.5. The first-order valence-electron chi connectivity index (χ1n) is 8.24. The lowest BCUT2D eigenvalue weighted by molar-refractivity contribution is -0.135. The summed E-state index contributed by atoms with van der Waals surface area (Å²) in [4.78, 5) is 28.6. The van der Waals surface area contributed by atoms with Gasteiger partial charge in [-0.2, -0.15) is 0 Å². The number of anilines is 1. The van der Waals surface area contributed by atoms with Crippen molar-refractivity contribution in [1.82, 2.24) is 9.80 Å². The minimum atomic E-state index is -0.282. The summed E-state index contributed by atoms with van der Waals surface area (Å²) in [6, 6.07) is 4.71. The van der Waals surface area contributed by atoms with Gasteiger partial charge in [-0.25, -0.2) is 0 Å². The normalized spacial score (nSPS) is 19.9. The van der Waals surface area contributed by atoms with Crippen LogP contribution in [0.3, 0.4) is 0 Å². The fraction of sp³-hybridized carbons (Fsp3) is 0.529. The molecule has 0 bridgehead atoms. The van der Waals surface area contributed by atoms with Crippen molar-refractivity contribution < 1.29 is 9.59 Å². The Hall–Kier alpha value is -1.30. The number of piperazine rings is 1. The number of hydrogen-bond acceptors (Lipinski definition) is 3. The van der Waals surface area contributed by atoms with Crippen molar-refractivity contribution in [3.8, 4) is 0 Å². The van der Waals surface area contributed by atoms with Crippen LogP contribution in [-0.2, 0) is 9.59 Å². The van der Waals surface area contributed by atoms with E-state index >= 15 is 0 Å². The molecule has 1 atom stereocenters. The second-order valence-electron chi connectivity index (χ2n) is 6.42. The van der Waals surface area contributed by atoms with Crippen LogP contribution in [0.5, 0.6) is 0 Å². The maximum atomic E-state index is 12.5. The molecule has 1 aromatic carbocycles. The van der Waals surface area contributed by atoms with Crippen LogP contribution in [0.25, 0.3) is 0 Å². The first-order chi connectivity index (χ1) is 11.5. The standard InChI is InChI=1S/C17H21Cl2N3O2/c1-11(16(23)20-15-5-4-13(18)10-14(15)19)21-6-8-22(9-7-21)17(24)12-2-3-12/h4-5,10-12H,2-3,6-9H2,1H3,(H,20,23)/t11-/m1/s1. The lowest BCUT2D eigenvalue weighted by Crippen LogP contribution is -2.54. The Bertz CT molecular complexity index is 641. The summed E-state index contributed by atoms with van der Waals surface area (Å²) in [7, 11) is 0. The van der Waals surface area contributed by atoms with Gasteiger partial charge >= 0.3 is 0 Å². The molecule has 1 aromatic rings. The van der Waals surface area contributed by atoms with Crippen LogP contribution in [0, 0.1) is 5.92 Å². The monoisotopic (exact) mass is 369 g/mol. The second kappa shape index (κ2) is 7.30. The molecule has 7 heteroatoms. The number of nitrogens with one attached hydrogen (secondary N) is 1. The molecule has 0 radical (unpaired) electrons. The Balaban J connectivity index is 1.53. The average Bonchev–Trinajstić information content (AvgIpc) is 3.41. The summed E-state index contributed by atoms with van der Waals surface area (Å²) in [6.45, 7) is 4.67. The zero-order valence-corrected chi connectivity index (χ0v) is 15.1. The first-order valence-corrected chi connectivity index (χ1v) is 9.00. The SMILES string of the molecule is C[C@H](C(=O)Nc1ccc(Cl)cc1Cl)N1CCN(C(=O)C2CC2)CC1. The number of hydrogen-bond donors (Lipinski definition) is 1. The van der Waals surface area contributed by atoms with E-state index in [2.05, 4.69) is 10.2 Å². The highest BCUT2D eigenvalue weighted by molar-refractivity contribution is 6.36. The molecule has 24 heavy (non-hydrogen) atoms. The molecule has 1 N–H and O–H groups in total. The topological polar surface area (TPSA) is 52.7 Å². The van der Waals surface area contributed by atoms with Gasteiger partial charge < -0.3 is 10.2 Å². The Kier molecular flexibility index (Phi) is 5.33. The quantitative estimate of drug-likeness (QED) is 0.887. The van der Waals surface area contributed by atoms with Crippen molar-refractivity contribution in [2.45, 2.75) is 25.8 Å². The predicted molar refractivity (Wildman–Crippen MR) is 95.4 cm³/mol. The van der Waals surface area contributed by atoms with Crippen LogP contribution >= 0.6 is 23.2 Å². The molecule has 130 valence electrons. The van der Waals surface area contributed by atoms with E-state index in [-0.39, 0.29) is 23.8 Å². The molecule has 3 rings (SSSR count). The maximum Gasteiger partial charge on any atom is 0.241 e. The van der Waals surface area contributed by atoms with Crippen molar-refractivity contribution >= 4 is 40.7 Å². The summed E-state index contributed by atoms with van der Waals surface area (Å²) in [5.74, 6) is 0.421.